The maximum Gasteiger partial charge on any atom is 0.573 e. The quantitative estimate of drug-likeness (QED) is 0.368. The molecule has 0 radical (unpaired) electrons. The molecule has 1 aliphatic rings. The SMILES string of the molecule is Cc1cc2c(nc1CCC(=O)O)nc(Nc1ccc(OC(F)(F)F)cc1)n2[C@H]1C[C@@H](C)CC(C)(C)C1. The van der Waals surface area contributed by atoms with Crippen molar-refractivity contribution in [2.75, 3.05) is 5.32 Å². The molecule has 0 bridgehead atoms. The second kappa shape index (κ2) is 9.63. The van der Waals surface area contributed by atoms with Crippen molar-refractivity contribution in [3.63, 3.8) is 0 Å². The zero-order valence-corrected chi connectivity index (χ0v) is 20.8. The van der Waals surface area contributed by atoms with Gasteiger partial charge in [0.25, 0.3) is 0 Å². The number of pyridine rings is 1. The highest BCUT2D eigenvalue weighted by Gasteiger charge is 2.35. The number of hydrogen-bond donors (Lipinski definition) is 2. The number of aliphatic carboxylic acids is 1. The third kappa shape index (κ3) is 6.09. The maximum atomic E-state index is 12.5. The van der Waals surface area contributed by atoms with Crippen molar-refractivity contribution in [3.05, 3.63) is 41.6 Å². The molecule has 2 heterocycles. The number of nitrogens with one attached hydrogen (secondary N) is 1. The van der Waals surface area contributed by atoms with Crippen LogP contribution in [0.3, 0.4) is 0 Å². The Balaban J connectivity index is 1.74. The lowest BCUT2D eigenvalue weighted by molar-refractivity contribution is -0.274. The number of imidazole rings is 1. The molecule has 0 aliphatic heterocycles. The standard InChI is InChI=1S/C26H31F3N4O3/c1-15-11-18(14-25(3,4)13-15)33-21-12-16(2)20(9-10-22(34)35)31-23(21)32-24(33)30-17-5-7-19(8-6-17)36-26(27,28)29/h5-8,12,15,18H,9-11,13-14H2,1-4H3,(H,34,35)(H,30,31,32)/t15-,18+/m1/s1. The first kappa shape index (κ1) is 25.8. The van der Waals surface area contributed by atoms with Crippen LogP contribution < -0.4 is 10.1 Å². The largest absolute Gasteiger partial charge is 0.573 e. The monoisotopic (exact) mass is 504 g/mol. The average molecular weight is 505 g/mol. The number of benzene rings is 1. The van der Waals surface area contributed by atoms with Crippen LogP contribution in [0.2, 0.25) is 0 Å². The molecule has 0 unspecified atom stereocenters. The van der Waals surface area contributed by atoms with Gasteiger partial charge in [-0.05, 0) is 73.4 Å². The number of fused-ring (bicyclic) bond motifs is 1. The van der Waals surface area contributed by atoms with Crippen molar-refractivity contribution >= 4 is 28.8 Å². The number of aryl methyl sites for hydroxylation is 2. The van der Waals surface area contributed by atoms with E-state index in [2.05, 4.69) is 35.4 Å². The first-order valence-electron chi connectivity index (χ1n) is 12.0. The van der Waals surface area contributed by atoms with E-state index in [9.17, 15) is 18.0 Å². The molecule has 0 amide bonds. The van der Waals surface area contributed by atoms with E-state index in [1.807, 2.05) is 13.0 Å². The number of carboxylic acids is 1. The predicted octanol–water partition coefficient (Wildman–Crippen LogP) is 6.79. The third-order valence-electron chi connectivity index (χ3n) is 6.63. The van der Waals surface area contributed by atoms with Gasteiger partial charge < -0.3 is 19.7 Å². The van der Waals surface area contributed by atoms with Crippen molar-refractivity contribution in [1.29, 1.82) is 0 Å². The number of carbonyl (C=O) groups is 1. The van der Waals surface area contributed by atoms with Crippen molar-refractivity contribution in [1.82, 2.24) is 14.5 Å². The minimum atomic E-state index is -4.75. The minimum Gasteiger partial charge on any atom is -0.481 e. The lowest BCUT2D eigenvalue weighted by atomic mass is 9.70. The van der Waals surface area contributed by atoms with E-state index in [4.69, 9.17) is 15.1 Å². The first-order chi connectivity index (χ1) is 16.8. The average Bonchev–Trinajstić information content (AvgIpc) is 3.07. The molecule has 1 aromatic carbocycles. The van der Waals surface area contributed by atoms with E-state index < -0.39 is 12.3 Å². The Bertz CT molecular complexity index is 1250. The number of aromatic nitrogens is 3. The molecule has 0 spiro atoms. The van der Waals surface area contributed by atoms with Crippen molar-refractivity contribution in [2.24, 2.45) is 11.3 Å². The molecule has 2 N–H and O–H groups in total. The summed E-state index contributed by atoms with van der Waals surface area (Å²) in [5.74, 6) is -0.135. The number of carboxylic acid groups (broad SMARTS) is 1. The summed E-state index contributed by atoms with van der Waals surface area (Å²) in [4.78, 5) is 20.5. The van der Waals surface area contributed by atoms with Gasteiger partial charge in [-0.25, -0.2) is 4.98 Å². The van der Waals surface area contributed by atoms with Crippen LogP contribution in [0.4, 0.5) is 24.8 Å². The van der Waals surface area contributed by atoms with E-state index in [0.29, 0.717) is 35.3 Å². The van der Waals surface area contributed by atoms with Gasteiger partial charge in [-0.15, -0.1) is 13.2 Å². The summed E-state index contributed by atoms with van der Waals surface area (Å²) in [6.45, 7) is 8.68. The zero-order chi connectivity index (χ0) is 26.3. The normalized spacial score (nSPS) is 19.9. The predicted molar refractivity (Wildman–Crippen MR) is 130 cm³/mol. The van der Waals surface area contributed by atoms with Crippen LogP contribution in [0, 0.1) is 18.3 Å². The Morgan fingerprint density at radius 3 is 2.53 bits per heavy atom. The Kier molecular flexibility index (Phi) is 6.90. The summed E-state index contributed by atoms with van der Waals surface area (Å²) in [7, 11) is 0. The smallest absolute Gasteiger partial charge is 0.481 e. The fourth-order valence-electron chi connectivity index (χ4n) is 5.45. The number of nitrogens with zero attached hydrogens (tertiary/aromatic N) is 3. The molecule has 3 aromatic rings. The number of anilines is 2. The topological polar surface area (TPSA) is 89.3 Å². The van der Waals surface area contributed by atoms with Crippen LogP contribution in [-0.2, 0) is 11.2 Å². The number of alkyl halides is 3. The van der Waals surface area contributed by atoms with Crippen molar-refractivity contribution in [2.45, 2.75) is 72.2 Å². The Morgan fingerprint density at radius 2 is 1.92 bits per heavy atom. The molecular formula is C26H31F3N4O3. The molecule has 194 valence electrons. The van der Waals surface area contributed by atoms with E-state index in [0.717, 1.165) is 30.3 Å². The first-order valence-corrected chi connectivity index (χ1v) is 12.0. The van der Waals surface area contributed by atoms with Gasteiger partial charge in [0.1, 0.15) is 5.75 Å². The summed E-state index contributed by atoms with van der Waals surface area (Å²) >= 11 is 0. The van der Waals surface area contributed by atoms with Gasteiger partial charge in [-0.1, -0.05) is 20.8 Å². The molecule has 1 saturated carbocycles. The fraction of sp³-hybridized carbons (Fsp3) is 0.500. The molecule has 36 heavy (non-hydrogen) atoms. The third-order valence-corrected chi connectivity index (χ3v) is 6.63. The molecule has 2 aromatic heterocycles. The van der Waals surface area contributed by atoms with Gasteiger partial charge in [0.15, 0.2) is 5.65 Å². The molecule has 4 rings (SSSR count). The Morgan fingerprint density at radius 1 is 1.22 bits per heavy atom. The fourth-order valence-corrected chi connectivity index (χ4v) is 5.45. The second-order valence-corrected chi connectivity index (χ2v) is 10.6. The van der Waals surface area contributed by atoms with E-state index in [1.54, 1.807) is 0 Å². The van der Waals surface area contributed by atoms with Gasteiger partial charge in [-0.2, -0.15) is 4.98 Å². The van der Waals surface area contributed by atoms with E-state index >= 15 is 0 Å². The van der Waals surface area contributed by atoms with Crippen LogP contribution in [0.25, 0.3) is 11.2 Å². The van der Waals surface area contributed by atoms with Crippen LogP contribution in [0.5, 0.6) is 5.75 Å². The summed E-state index contributed by atoms with van der Waals surface area (Å²) in [6, 6.07) is 7.67. The number of rotatable bonds is 7. The Labute approximate surface area is 207 Å². The number of halogens is 3. The van der Waals surface area contributed by atoms with Crippen LogP contribution in [-0.4, -0.2) is 32.0 Å². The number of hydrogen-bond acceptors (Lipinski definition) is 5. The van der Waals surface area contributed by atoms with Gasteiger partial charge in [0, 0.05) is 23.8 Å². The molecule has 10 heteroatoms. The Hall–Kier alpha value is -3.30. The van der Waals surface area contributed by atoms with Crippen LogP contribution in [0.1, 0.15) is 63.8 Å². The molecule has 1 aliphatic carbocycles. The summed E-state index contributed by atoms with van der Waals surface area (Å²) < 4.78 is 43.7. The molecule has 7 nitrogen and oxygen atoms in total. The van der Waals surface area contributed by atoms with Gasteiger partial charge in [0.2, 0.25) is 5.95 Å². The van der Waals surface area contributed by atoms with Gasteiger partial charge >= 0.3 is 12.3 Å². The molecule has 2 atom stereocenters. The van der Waals surface area contributed by atoms with Gasteiger partial charge in [-0.3, -0.25) is 4.79 Å². The molecule has 0 saturated heterocycles. The van der Waals surface area contributed by atoms with Gasteiger partial charge in [0.05, 0.1) is 11.9 Å². The molecular weight excluding hydrogens is 473 g/mol. The van der Waals surface area contributed by atoms with Crippen molar-refractivity contribution < 1.29 is 27.8 Å². The van der Waals surface area contributed by atoms with Crippen LogP contribution in [0.15, 0.2) is 30.3 Å². The lowest BCUT2D eigenvalue weighted by Gasteiger charge is -2.40. The van der Waals surface area contributed by atoms with E-state index in [1.165, 1.54) is 24.3 Å². The van der Waals surface area contributed by atoms with Crippen LogP contribution >= 0.6 is 0 Å². The highest BCUT2D eigenvalue weighted by Crippen LogP contribution is 2.46. The number of ether oxygens (including phenoxy) is 1. The minimum absolute atomic E-state index is 0.0220. The summed E-state index contributed by atoms with van der Waals surface area (Å²) in [5.41, 5.74) is 3.64. The maximum absolute atomic E-state index is 12.5. The summed E-state index contributed by atoms with van der Waals surface area (Å²) in [6.07, 6.45) is -1.45. The highest BCUT2D eigenvalue weighted by molar-refractivity contribution is 5.78. The second-order valence-electron chi connectivity index (χ2n) is 10.6. The summed E-state index contributed by atoms with van der Waals surface area (Å²) in [5, 5.41) is 12.4. The lowest BCUT2D eigenvalue weighted by Crippen LogP contribution is -2.29. The zero-order valence-electron chi connectivity index (χ0n) is 20.8. The highest BCUT2D eigenvalue weighted by atomic mass is 19.4. The molecule has 1 fully saturated rings. The van der Waals surface area contributed by atoms with Crippen molar-refractivity contribution in [3.8, 4) is 5.75 Å². The van der Waals surface area contributed by atoms with E-state index in [-0.39, 0.29) is 23.6 Å².